The van der Waals surface area contributed by atoms with Crippen LogP contribution >= 0.6 is 0 Å². The normalized spacial score (nSPS) is 14.9. The molecule has 1 aromatic heterocycles. The fourth-order valence-electron chi connectivity index (χ4n) is 4.00. The maximum Gasteiger partial charge on any atom is 0.475 e. The highest BCUT2D eigenvalue weighted by molar-refractivity contribution is 6.43. The SMILES string of the molecule is Cc1ccc(C(=O)NC[C@H](NC(=O)c2ccc(N3CCOCC3)nc2)C(=O)N[C@@H](CC(C)C)B(O)O)cc1. The third-order valence-electron chi connectivity index (χ3n) is 6.16. The molecule has 3 amide bonds. The quantitative estimate of drug-likeness (QED) is 0.263. The molecule has 0 saturated carbocycles. The van der Waals surface area contributed by atoms with Crippen LogP contribution in [0.2, 0.25) is 0 Å². The third-order valence-corrected chi connectivity index (χ3v) is 6.16. The lowest BCUT2D eigenvalue weighted by atomic mass is 9.75. The zero-order valence-corrected chi connectivity index (χ0v) is 22.0. The van der Waals surface area contributed by atoms with Gasteiger partial charge in [-0.05, 0) is 43.5 Å². The van der Waals surface area contributed by atoms with Gasteiger partial charge in [-0.3, -0.25) is 14.4 Å². The molecule has 2 aromatic rings. The maximum atomic E-state index is 13.1. The molecule has 0 radical (unpaired) electrons. The lowest BCUT2D eigenvalue weighted by Gasteiger charge is -2.27. The molecule has 204 valence electrons. The summed E-state index contributed by atoms with van der Waals surface area (Å²) in [4.78, 5) is 45.2. The van der Waals surface area contributed by atoms with Crippen LogP contribution < -0.4 is 20.9 Å². The molecule has 38 heavy (non-hydrogen) atoms. The molecule has 1 aliphatic rings. The number of benzene rings is 1. The van der Waals surface area contributed by atoms with Crippen LogP contribution in [-0.4, -0.2) is 84.7 Å². The Labute approximate surface area is 223 Å². The second-order valence-electron chi connectivity index (χ2n) is 9.76. The number of amides is 3. The summed E-state index contributed by atoms with van der Waals surface area (Å²) in [7, 11) is -1.78. The van der Waals surface area contributed by atoms with Crippen LogP contribution in [0.3, 0.4) is 0 Å². The van der Waals surface area contributed by atoms with Crippen LogP contribution in [-0.2, 0) is 9.53 Å². The molecule has 0 aliphatic carbocycles. The first-order valence-electron chi connectivity index (χ1n) is 12.7. The van der Waals surface area contributed by atoms with Gasteiger partial charge in [-0.2, -0.15) is 0 Å². The van der Waals surface area contributed by atoms with E-state index in [4.69, 9.17) is 4.74 Å². The monoisotopic (exact) mass is 525 g/mol. The first-order chi connectivity index (χ1) is 18.1. The Morgan fingerprint density at radius 1 is 1.00 bits per heavy atom. The number of rotatable bonds is 11. The number of hydrogen-bond donors (Lipinski definition) is 5. The number of ether oxygens (including phenoxy) is 1. The average Bonchev–Trinajstić information content (AvgIpc) is 2.91. The Morgan fingerprint density at radius 3 is 2.24 bits per heavy atom. The van der Waals surface area contributed by atoms with Crippen molar-refractivity contribution in [3.63, 3.8) is 0 Å². The molecule has 1 aromatic carbocycles. The van der Waals surface area contributed by atoms with Crippen molar-refractivity contribution in [2.45, 2.75) is 39.2 Å². The summed E-state index contributed by atoms with van der Waals surface area (Å²) in [6.45, 7) is 8.09. The van der Waals surface area contributed by atoms with Gasteiger partial charge in [0.1, 0.15) is 11.9 Å². The molecule has 2 heterocycles. The van der Waals surface area contributed by atoms with Crippen molar-refractivity contribution in [2.75, 3.05) is 37.7 Å². The summed E-state index contributed by atoms with van der Waals surface area (Å²) in [5, 5.41) is 27.4. The van der Waals surface area contributed by atoms with Crippen molar-refractivity contribution >= 4 is 30.7 Å². The molecular weight excluding hydrogens is 489 g/mol. The molecule has 2 atom stereocenters. The van der Waals surface area contributed by atoms with Crippen molar-refractivity contribution in [3.8, 4) is 0 Å². The van der Waals surface area contributed by atoms with E-state index in [0.29, 0.717) is 38.3 Å². The number of pyridine rings is 1. The summed E-state index contributed by atoms with van der Waals surface area (Å²) in [6.07, 6.45) is 1.74. The first kappa shape index (κ1) is 29.1. The van der Waals surface area contributed by atoms with E-state index in [1.54, 1.807) is 36.4 Å². The highest BCUT2D eigenvalue weighted by Gasteiger charge is 2.30. The minimum atomic E-state index is -1.78. The van der Waals surface area contributed by atoms with Crippen molar-refractivity contribution in [2.24, 2.45) is 5.92 Å². The van der Waals surface area contributed by atoms with E-state index in [1.807, 2.05) is 20.8 Å². The largest absolute Gasteiger partial charge is 0.475 e. The standard InChI is InChI=1S/C26H36BN5O6/c1-17(2)14-22(27(36)37)31-26(35)21(16-29-24(33)19-6-4-18(3)5-7-19)30-25(34)20-8-9-23(28-15-20)32-10-12-38-13-11-32/h4-9,15,17,21-22,36-37H,10-14,16H2,1-3H3,(H,29,33)(H,30,34)(H,31,35)/t21-,22-/m0/s1. The molecule has 1 aliphatic heterocycles. The van der Waals surface area contributed by atoms with Gasteiger partial charge in [-0.1, -0.05) is 31.5 Å². The topological polar surface area (TPSA) is 153 Å². The molecule has 1 fully saturated rings. The Bertz CT molecular complexity index is 1070. The minimum Gasteiger partial charge on any atom is -0.426 e. The number of hydrogen-bond acceptors (Lipinski definition) is 8. The fraction of sp³-hybridized carbons (Fsp3) is 0.462. The van der Waals surface area contributed by atoms with Crippen molar-refractivity contribution < 1.29 is 29.2 Å². The van der Waals surface area contributed by atoms with Gasteiger partial charge < -0.3 is 35.6 Å². The van der Waals surface area contributed by atoms with Gasteiger partial charge in [0.15, 0.2) is 0 Å². The van der Waals surface area contributed by atoms with E-state index in [1.165, 1.54) is 6.20 Å². The number of carbonyl (C=O) groups excluding carboxylic acids is 3. The van der Waals surface area contributed by atoms with Gasteiger partial charge in [-0.25, -0.2) is 4.98 Å². The fourth-order valence-corrected chi connectivity index (χ4v) is 4.00. The maximum absolute atomic E-state index is 13.1. The van der Waals surface area contributed by atoms with E-state index < -0.39 is 36.8 Å². The van der Waals surface area contributed by atoms with Gasteiger partial charge in [-0.15, -0.1) is 0 Å². The number of carbonyl (C=O) groups is 3. The van der Waals surface area contributed by atoms with E-state index in [0.717, 1.165) is 11.4 Å². The van der Waals surface area contributed by atoms with E-state index >= 15 is 0 Å². The molecule has 1 saturated heterocycles. The molecule has 0 unspecified atom stereocenters. The summed E-state index contributed by atoms with van der Waals surface area (Å²) >= 11 is 0. The molecule has 0 spiro atoms. The van der Waals surface area contributed by atoms with Gasteiger partial charge >= 0.3 is 7.12 Å². The molecule has 0 bridgehead atoms. The third kappa shape index (κ3) is 8.54. The van der Waals surface area contributed by atoms with E-state index in [9.17, 15) is 24.4 Å². The van der Waals surface area contributed by atoms with Crippen LogP contribution in [0.15, 0.2) is 42.6 Å². The first-order valence-corrected chi connectivity index (χ1v) is 12.7. The van der Waals surface area contributed by atoms with Gasteiger partial charge in [0.2, 0.25) is 5.91 Å². The summed E-state index contributed by atoms with van der Waals surface area (Å²) in [5.41, 5.74) is 1.65. The van der Waals surface area contributed by atoms with Gasteiger partial charge in [0, 0.05) is 31.4 Å². The predicted molar refractivity (Wildman–Crippen MR) is 144 cm³/mol. The minimum absolute atomic E-state index is 0.0763. The number of anilines is 1. The highest BCUT2D eigenvalue weighted by atomic mass is 16.5. The Hall–Kier alpha value is -3.48. The van der Waals surface area contributed by atoms with Gasteiger partial charge in [0.05, 0.1) is 24.7 Å². The van der Waals surface area contributed by atoms with Crippen LogP contribution in [0.1, 0.15) is 46.5 Å². The highest BCUT2D eigenvalue weighted by Crippen LogP contribution is 2.13. The summed E-state index contributed by atoms with van der Waals surface area (Å²) < 4.78 is 5.35. The van der Waals surface area contributed by atoms with Crippen LogP contribution in [0.5, 0.6) is 0 Å². The Kier molecular flexibility index (Phi) is 10.6. The smallest absolute Gasteiger partial charge is 0.426 e. The van der Waals surface area contributed by atoms with Crippen LogP contribution in [0, 0.1) is 12.8 Å². The number of aryl methyl sites for hydroxylation is 1. The van der Waals surface area contributed by atoms with Crippen LogP contribution in [0.4, 0.5) is 5.82 Å². The lowest BCUT2D eigenvalue weighted by Crippen LogP contribution is -2.57. The predicted octanol–water partition coefficient (Wildman–Crippen LogP) is 0.298. The second-order valence-corrected chi connectivity index (χ2v) is 9.76. The molecule has 12 heteroatoms. The average molecular weight is 525 g/mol. The summed E-state index contributed by atoms with van der Waals surface area (Å²) in [5.74, 6) is -1.76. The zero-order valence-electron chi connectivity index (χ0n) is 22.0. The molecular formula is C26H36BN5O6. The van der Waals surface area contributed by atoms with Crippen molar-refractivity contribution in [1.82, 2.24) is 20.9 Å². The van der Waals surface area contributed by atoms with E-state index in [-0.39, 0.29) is 18.0 Å². The number of nitrogens with zero attached hydrogens (tertiary/aromatic N) is 2. The molecule has 3 rings (SSSR count). The van der Waals surface area contributed by atoms with Crippen molar-refractivity contribution in [3.05, 3.63) is 59.3 Å². The second kappa shape index (κ2) is 13.9. The zero-order chi connectivity index (χ0) is 27.7. The lowest BCUT2D eigenvalue weighted by molar-refractivity contribution is -0.123. The molecule has 11 nitrogen and oxygen atoms in total. The number of nitrogens with one attached hydrogen (secondary N) is 3. The number of aromatic nitrogens is 1. The Morgan fingerprint density at radius 2 is 1.66 bits per heavy atom. The van der Waals surface area contributed by atoms with E-state index in [2.05, 4.69) is 25.8 Å². The summed E-state index contributed by atoms with van der Waals surface area (Å²) in [6, 6.07) is 9.11. The van der Waals surface area contributed by atoms with Crippen LogP contribution in [0.25, 0.3) is 0 Å². The number of morpholine rings is 1. The Balaban J connectivity index is 1.71. The van der Waals surface area contributed by atoms with Crippen molar-refractivity contribution in [1.29, 1.82) is 0 Å². The van der Waals surface area contributed by atoms with Gasteiger partial charge in [0.25, 0.3) is 11.8 Å². The molecule has 5 N–H and O–H groups in total.